The Labute approximate surface area is 115 Å². The van der Waals surface area contributed by atoms with Crippen LogP contribution >= 0.6 is 0 Å². The zero-order valence-corrected chi connectivity index (χ0v) is 12.1. The molecular weight excluding hydrogens is 242 g/mol. The van der Waals surface area contributed by atoms with Crippen molar-refractivity contribution in [2.75, 3.05) is 39.3 Å². The van der Waals surface area contributed by atoms with Crippen LogP contribution < -0.4 is 5.32 Å². The van der Waals surface area contributed by atoms with Gasteiger partial charge in [-0.15, -0.1) is 0 Å². The van der Waals surface area contributed by atoms with Gasteiger partial charge in [0.1, 0.15) is 0 Å². The van der Waals surface area contributed by atoms with Crippen LogP contribution in [0.2, 0.25) is 0 Å². The second-order valence-electron chi connectivity index (χ2n) is 5.71. The third-order valence-corrected chi connectivity index (χ3v) is 4.61. The van der Waals surface area contributed by atoms with E-state index in [1.54, 1.807) is 6.92 Å². The first kappa shape index (κ1) is 14.3. The van der Waals surface area contributed by atoms with Crippen molar-refractivity contribution in [2.45, 2.75) is 33.1 Å². The molecule has 2 rings (SSSR count). The van der Waals surface area contributed by atoms with E-state index in [0.717, 1.165) is 32.4 Å². The average Bonchev–Trinajstić information content (AvgIpc) is 2.47. The molecule has 2 aliphatic rings. The van der Waals surface area contributed by atoms with Gasteiger partial charge in [-0.1, -0.05) is 6.92 Å². The maximum absolute atomic E-state index is 12.8. The van der Waals surface area contributed by atoms with Crippen molar-refractivity contribution in [1.82, 2.24) is 15.1 Å². The summed E-state index contributed by atoms with van der Waals surface area (Å²) in [4.78, 5) is 27.8. The molecule has 2 saturated heterocycles. The van der Waals surface area contributed by atoms with E-state index in [4.69, 9.17) is 0 Å². The molecule has 5 heteroatoms. The van der Waals surface area contributed by atoms with Gasteiger partial charge in [0, 0.05) is 39.6 Å². The Bertz CT molecular complexity index is 343. The molecular formula is C14H25N3O2. The lowest BCUT2D eigenvalue weighted by Crippen LogP contribution is -2.57. The summed E-state index contributed by atoms with van der Waals surface area (Å²) >= 11 is 0. The van der Waals surface area contributed by atoms with Crippen LogP contribution in [0.1, 0.15) is 33.1 Å². The monoisotopic (exact) mass is 267 g/mol. The predicted molar refractivity (Wildman–Crippen MR) is 73.7 cm³/mol. The SMILES string of the molecule is CCC1(C(=O)N2CCN(C(C)=O)CC2)CCCNC1. The van der Waals surface area contributed by atoms with Crippen LogP contribution in [0, 0.1) is 5.41 Å². The molecule has 19 heavy (non-hydrogen) atoms. The topological polar surface area (TPSA) is 52.7 Å². The molecule has 0 saturated carbocycles. The molecule has 108 valence electrons. The maximum Gasteiger partial charge on any atom is 0.230 e. The number of carbonyl (C=O) groups is 2. The smallest absolute Gasteiger partial charge is 0.230 e. The van der Waals surface area contributed by atoms with Crippen LogP contribution in [0.25, 0.3) is 0 Å². The summed E-state index contributed by atoms with van der Waals surface area (Å²) in [7, 11) is 0. The number of amides is 2. The van der Waals surface area contributed by atoms with E-state index in [9.17, 15) is 9.59 Å². The van der Waals surface area contributed by atoms with Gasteiger partial charge in [0.25, 0.3) is 0 Å². The molecule has 1 unspecified atom stereocenters. The lowest BCUT2D eigenvalue weighted by Gasteiger charge is -2.42. The van der Waals surface area contributed by atoms with E-state index < -0.39 is 0 Å². The van der Waals surface area contributed by atoms with Crippen molar-refractivity contribution in [3.8, 4) is 0 Å². The minimum Gasteiger partial charge on any atom is -0.339 e. The van der Waals surface area contributed by atoms with Crippen molar-refractivity contribution in [3.63, 3.8) is 0 Å². The van der Waals surface area contributed by atoms with Crippen LogP contribution in [-0.2, 0) is 9.59 Å². The van der Waals surface area contributed by atoms with Gasteiger partial charge >= 0.3 is 0 Å². The van der Waals surface area contributed by atoms with Gasteiger partial charge in [-0.3, -0.25) is 9.59 Å². The van der Waals surface area contributed by atoms with E-state index in [-0.39, 0.29) is 17.2 Å². The van der Waals surface area contributed by atoms with E-state index in [1.807, 2.05) is 9.80 Å². The highest BCUT2D eigenvalue weighted by molar-refractivity contribution is 5.83. The van der Waals surface area contributed by atoms with Crippen LogP contribution in [0.3, 0.4) is 0 Å². The Morgan fingerprint density at radius 1 is 1.16 bits per heavy atom. The standard InChI is InChI=1S/C14H25N3O2/c1-3-14(5-4-6-15-11-14)13(19)17-9-7-16(8-10-17)12(2)18/h15H,3-11H2,1-2H3. The van der Waals surface area contributed by atoms with Crippen LogP contribution in [-0.4, -0.2) is 60.9 Å². The fourth-order valence-electron chi connectivity index (χ4n) is 3.16. The highest BCUT2D eigenvalue weighted by Crippen LogP contribution is 2.32. The van der Waals surface area contributed by atoms with Crippen LogP contribution in [0.15, 0.2) is 0 Å². The quantitative estimate of drug-likeness (QED) is 0.790. The van der Waals surface area contributed by atoms with Gasteiger partial charge in [-0.05, 0) is 25.8 Å². The maximum atomic E-state index is 12.8. The third kappa shape index (κ3) is 2.91. The first-order valence-corrected chi connectivity index (χ1v) is 7.35. The second kappa shape index (κ2) is 5.90. The summed E-state index contributed by atoms with van der Waals surface area (Å²) in [6.07, 6.45) is 2.96. The number of carbonyl (C=O) groups excluding carboxylic acids is 2. The summed E-state index contributed by atoms with van der Waals surface area (Å²) in [5.74, 6) is 0.391. The fraction of sp³-hybridized carbons (Fsp3) is 0.857. The summed E-state index contributed by atoms with van der Waals surface area (Å²) < 4.78 is 0. The second-order valence-corrected chi connectivity index (χ2v) is 5.71. The van der Waals surface area contributed by atoms with E-state index in [1.165, 1.54) is 0 Å². The van der Waals surface area contributed by atoms with Gasteiger partial charge < -0.3 is 15.1 Å². The molecule has 0 bridgehead atoms. The number of hydrogen-bond donors (Lipinski definition) is 1. The first-order chi connectivity index (χ1) is 9.09. The molecule has 0 aliphatic carbocycles. The van der Waals surface area contributed by atoms with Gasteiger partial charge in [0.05, 0.1) is 5.41 Å². The van der Waals surface area contributed by atoms with Crippen LogP contribution in [0.5, 0.6) is 0 Å². The number of rotatable bonds is 2. The van der Waals surface area contributed by atoms with Gasteiger partial charge in [-0.25, -0.2) is 0 Å². The summed E-state index contributed by atoms with van der Waals surface area (Å²) in [5, 5.41) is 3.36. The molecule has 2 amide bonds. The lowest BCUT2D eigenvalue weighted by atomic mass is 9.77. The Morgan fingerprint density at radius 3 is 2.26 bits per heavy atom. The summed E-state index contributed by atoms with van der Waals surface area (Å²) in [6.45, 7) is 8.23. The molecule has 2 fully saturated rings. The highest BCUT2D eigenvalue weighted by atomic mass is 16.2. The predicted octanol–water partition coefficient (Wildman–Crippen LogP) is 0.457. The Kier molecular flexibility index (Phi) is 4.45. The molecule has 1 atom stereocenters. The number of hydrogen-bond acceptors (Lipinski definition) is 3. The molecule has 2 heterocycles. The van der Waals surface area contributed by atoms with E-state index >= 15 is 0 Å². The zero-order chi connectivity index (χ0) is 13.9. The van der Waals surface area contributed by atoms with Gasteiger partial charge in [0.15, 0.2) is 0 Å². The lowest BCUT2D eigenvalue weighted by molar-refractivity contribution is -0.147. The van der Waals surface area contributed by atoms with Crippen molar-refractivity contribution in [1.29, 1.82) is 0 Å². The average molecular weight is 267 g/mol. The molecule has 5 nitrogen and oxygen atoms in total. The van der Waals surface area contributed by atoms with Crippen molar-refractivity contribution >= 4 is 11.8 Å². The van der Waals surface area contributed by atoms with Gasteiger partial charge in [0.2, 0.25) is 11.8 Å². The Hall–Kier alpha value is -1.10. The molecule has 0 spiro atoms. The van der Waals surface area contributed by atoms with Crippen molar-refractivity contribution in [3.05, 3.63) is 0 Å². The minimum absolute atomic E-state index is 0.108. The first-order valence-electron chi connectivity index (χ1n) is 7.35. The highest BCUT2D eigenvalue weighted by Gasteiger charge is 2.41. The Morgan fingerprint density at radius 2 is 1.79 bits per heavy atom. The molecule has 0 aromatic carbocycles. The molecule has 0 aromatic rings. The van der Waals surface area contributed by atoms with E-state index in [0.29, 0.717) is 26.2 Å². The normalized spacial score (nSPS) is 28.3. The molecule has 0 radical (unpaired) electrons. The summed E-state index contributed by atoms with van der Waals surface area (Å²) in [6, 6.07) is 0. The fourth-order valence-corrected chi connectivity index (χ4v) is 3.16. The number of nitrogens with zero attached hydrogens (tertiary/aromatic N) is 2. The molecule has 0 aromatic heterocycles. The minimum atomic E-state index is -0.212. The zero-order valence-electron chi connectivity index (χ0n) is 12.1. The van der Waals surface area contributed by atoms with Crippen molar-refractivity contribution < 1.29 is 9.59 Å². The summed E-state index contributed by atoms with van der Waals surface area (Å²) in [5.41, 5.74) is -0.212. The van der Waals surface area contributed by atoms with Gasteiger partial charge in [-0.2, -0.15) is 0 Å². The number of nitrogens with one attached hydrogen (secondary N) is 1. The third-order valence-electron chi connectivity index (χ3n) is 4.61. The van der Waals surface area contributed by atoms with Crippen LogP contribution in [0.4, 0.5) is 0 Å². The molecule has 1 N–H and O–H groups in total. The molecule has 2 aliphatic heterocycles. The largest absolute Gasteiger partial charge is 0.339 e. The van der Waals surface area contributed by atoms with Crippen molar-refractivity contribution in [2.24, 2.45) is 5.41 Å². The Balaban J connectivity index is 1.98. The number of piperidine rings is 1. The number of piperazine rings is 1. The van der Waals surface area contributed by atoms with E-state index in [2.05, 4.69) is 12.2 Å².